The second-order valence-electron chi connectivity index (χ2n) is 9.01. The van der Waals surface area contributed by atoms with Gasteiger partial charge in [0.2, 0.25) is 5.95 Å². The summed E-state index contributed by atoms with van der Waals surface area (Å²) in [5.41, 5.74) is 0.133. The van der Waals surface area contributed by atoms with E-state index in [1.807, 2.05) is 12.4 Å². The van der Waals surface area contributed by atoms with E-state index in [0.29, 0.717) is 12.1 Å². The molecule has 27 heavy (non-hydrogen) atoms. The summed E-state index contributed by atoms with van der Waals surface area (Å²) in [4.78, 5) is 14.1. The Hall–Kier alpha value is -1.22. The lowest BCUT2D eigenvalue weighted by Crippen LogP contribution is -2.42. The highest BCUT2D eigenvalue weighted by atomic mass is 16.7. The highest BCUT2D eigenvalue weighted by Crippen LogP contribution is 2.37. The Balaban J connectivity index is 1.48. The van der Waals surface area contributed by atoms with E-state index < -0.39 is 7.12 Å². The number of rotatable bonds is 6. The van der Waals surface area contributed by atoms with Gasteiger partial charge in [-0.15, -0.1) is 0 Å². The molecule has 8 heteroatoms. The van der Waals surface area contributed by atoms with Crippen LogP contribution in [0.3, 0.4) is 0 Å². The monoisotopic (exact) mass is 374 g/mol. The van der Waals surface area contributed by atoms with Crippen LogP contribution in [0.2, 0.25) is 0 Å². The lowest BCUT2D eigenvalue weighted by Gasteiger charge is -2.32. The summed E-state index contributed by atoms with van der Waals surface area (Å²) >= 11 is 0. The van der Waals surface area contributed by atoms with E-state index in [1.165, 1.54) is 12.8 Å². The van der Waals surface area contributed by atoms with Gasteiger partial charge in [0.25, 0.3) is 0 Å². The quantitative estimate of drug-likeness (QED) is 0.739. The maximum Gasteiger partial charge on any atom is 0.498 e. The van der Waals surface area contributed by atoms with Crippen molar-refractivity contribution < 1.29 is 14.4 Å². The molecule has 1 N–H and O–H groups in total. The SMILES string of the molecule is CC1(C)OB(c2cnc(N(C3CC3)C3CCN(CCO)C3)nc2)OC1(C)C. The molecule has 148 valence electrons. The molecule has 3 aliphatic rings. The third-order valence-corrected chi connectivity index (χ3v) is 6.41. The highest BCUT2D eigenvalue weighted by molar-refractivity contribution is 6.61. The first-order valence-corrected chi connectivity index (χ1v) is 10.1. The zero-order valence-electron chi connectivity index (χ0n) is 16.9. The van der Waals surface area contributed by atoms with Crippen LogP contribution in [0, 0.1) is 0 Å². The molecule has 1 saturated carbocycles. The molecule has 2 saturated heterocycles. The normalized spacial score (nSPS) is 27.3. The molecule has 0 aromatic carbocycles. The predicted octanol–water partition coefficient (Wildman–Crippen LogP) is 0.811. The van der Waals surface area contributed by atoms with Crippen LogP contribution < -0.4 is 10.4 Å². The molecule has 7 nitrogen and oxygen atoms in total. The van der Waals surface area contributed by atoms with E-state index in [0.717, 1.165) is 37.5 Å². The first-order valence-electron chi connectivity index (χ1n) is 10.1. The summed E-state index contributed by atoms with van der Waals surface area (Å²) in [6.45, 7) is 11.2. The summed E-state index contributed by atoms with van der Waals surface area (Å²) < 4.78 is 12.2. The second-order valence-corrected chi connectivity index (χ2v) is 9.01. The largest absolute Gasteiger partial charge is 0.498 e. The number of hydrogen-bond acceptors (Lipinski definition) is 7. The maximum atomic E-state index is 9.19. The molecule has 4 rings (SSSR count). The van der Waals surface area contributed by atoms with Crippen LogP contribution in [-0.4, -0.2) is 76.6 Å². The molecular formula is C19H31BN4O3. The van der Waals surface area contributed by atoms with Gasteiger partial charge in [0, 0.05) is 49.6 Å². The van der Waals surface area contributed by atoms with Crippen LogP contribution in [0.5, 0.6) is 0 Å². The summed E-state index contributed by atoms with van der Waals surface area (Å²) in [7, 11) is -0.426. The zero-order chi connectivity index (χ0) is 19.2. The first-order chi connectivity index (χ1) is 12.8. The second kappa shape index (κ2) is 6.99. The fraction of sp³-hybridized carbons (Fsp3) is 0.789. The van der Waals surface area contributed by atoms with Crippen molar-refractivity contribution in [2.75, 3.05) is 31.1 Å². The van der Waals surface area contributed by atoms with Crippen LogP contribution >= 0.6 is 0 Å². The van der Waals surface area contributed by atoms with Gasteiger partial charge in [-0.25, -0.2) is 9.97 Å². The molecule has 0 bridgehead atoms. The fourth-order valence-electron chi connectivity index (χ4n) is 3.93. The highest BCUT2D eigenvalue weighted by Gasteiger charge is 2.52. The number of β-amino-alcohol motifs (C(OH)–C–C–N with tert-alkyl or cyclic N) is 1. The molecule has 1 aliphatic carbocycles. The predicted molar refractivity (Wildman–Crippen MR) is 105 cm³/mol. The molecule has 3 fully saturated rings. The molecule has 0 radical (unpaired) electrons. The number of hydrogen-bond donors (Lipinski definition) is 1. The average molecular weight is 374 g/mol. The Morgan fingerprint density at radius 3 is 2.30 bits per heavy atom. The Bertz CT molecular complexity index is 649. The van der Waals surface area contributed by atoms with Gasteiger partial charge in [-0.3, -0.25) is 4.90 Å². The van der Waals surface area contributed by atoms with Crippen molar-refractivity contribution in [1.29, 1.82) is 0 Å². The van der Waals surface area contributed by atoms with Crippen molar-refractivity contribution in [3.63, 3.8) is 0 Å². The van der Waals surface area contributed by atoms with Crippen molar-refractivity contribution in [3.8, 4) is 0 Å². The smallest absolute Gasteiger partial charge is 0.399 e. The molecule has 1 unspecified atom stereocenters. The lowest BCUT2D eigenvalue weighted by atomic mass is 9.81. The van der Waals surface area contributed by atoms with Gasteiger partial charge in [0.15, 0.2) is 0 Å². The summed E-state index contributed by atoms with van der Waals surface area (Å²) in [5, 5.41) is 9.19. The molecule has 2 aliphatic heterocycles. The van der Waals surface area contributed by atoms with Crippen LogP contribution in [0.1, 0.15) is 47.0 Å². The standard InChI is InChI=1S/C19H31BN4O3/c1-18(2)19(3,4)27-20(26-18)14-11-21-17(22-12-14)24(15-5-6-15)16-7-8-23(13-16)9-10-25/h11-12,15-16,25H,5-10,13H2,1-4H3. The molecule has 1 aromatic heterocycles. The van der Waals surface area contributed by atoms with E-state index in [1.54, 1.807) is 0 Å². The summed E-state index contributed by atoms with van der Waals surface area (Å²) in [5.74, 6) is 0.800. The molecule has 0 spiro atoms. The van der Waals surface area contributed by atoms with Gasteiger partial charge >= 0.3 is 7.12 Å². The maximum absolute atomic E-state index is 9.19. The minimum absolute atomic E-state index is 0.218. The molecular weight excluding hydrogens is 343 g/mol. The summed E-state index contributed by atoms with van der Waals surface area (Å²) in [6, 6.07) is 0.971. The Morgan fingerprint density at radius 2 is 1.74 bits per heavy atom. The minimum atomic E-state index is -0.426. The van der Waals surface area contributed by atoms with Crippen molar-refractivity contribution >= 4 is 18.5 Å². The third-order valence-electron chi connectivity index (χ3n) is 6.41. The van der Waals surface area contributed by atoms with Gasteiger partial charge in [-0.2, -0.15) is 0 Å². The number of aromatic nitrogens is 2. The van der Waals surface area contributed by atoms with E-state index >= 15 is 0 Å². The van der Waals surface area contributed by atoms with Crippen molar-refractivity contribution in [1.82, 2.24) is 14.9 Å². The molecule has 1 atom stereocenters. The zero-order valence-corrected chi connectivity index (χ0v) is 16.9. The Kier molecular flexibility index (Phi) is 4.95. The lowest BCUT2D eigenvalue weighted by molar-refractivity contribution is 0.00578. The van der Waals surface area contributed by atoms with Crippen molar-refractivity contribution in [3.05, 3.63) is 12.4 Å². The van der Waals surface area contributed by atoms with E-state index in [9.17, 15) is 5.11 Å². The van der Waals surface area contributed by atoms with E-state index in [-0.39, 0.29) is 17.8 Å². The molecule has 1 aromatic rings. The average Bonchev–Trinajstić information content (AvgIpc) is 3.28. The number of anilines is 1. The van der Waals surface area contributed by atoms with Crippen LogP contribution in [0.4, 0.5) is 5.95 Å². The summed E-state index contributed by atoms with van der Waals surface area (Å²) in [6.07, 6.45) is 7.21. The molecule has 3 heterocycles. The van der Waals surface area contributed by atoms with Gasteiger partial charge in [-0.1, -0.05) is 0 Å². The van der Waals surface area contributed by atoms with E-state index in [4.69, 9.17) is 9.31 Å². The van der Waals surface area contributed by atoms with Crippen LogP contribution in [0.25, 0.3) is 0 Å². The topological polar surface area (TPSA) is 71.0 Å². The van der Waals surface area contributed by atoms with Crippen molar-refractivity contribution in [2.45, 2.75) is 70.2 Å². The first kappa shape index (κ1) is 19.1. The third kappa shape index (κ3) is 3.72. The number of aliphatic hydroxyl groups excluding tert-OH is 1. The number of aliphatic hydroxyl groups is 1. The van der Waals surface area contributed by atoms with E-state index in [2.05, 4.69) is 47.5 Å². The van der Waals surface area contributed by atoms with Crippen LogP contribution in [0.15, 0.2) is 12.4 Å². The number of likely N-dealkylation sites (tertiary alicyclic amines) is 1. The van der Waals surface area contributed by atoms with Gasteiger partial charge in [0.05, 0.1) is 17.8 Å². The van der Waals surface area contributed by atoms with Crippen molar-refractivity contribution in [2.24, 2.45) is 0 Å². The fourth-order valence-corrected chi connectivity index (χ4v) is 3.93. The minimum Gasteiger partial charge on any atom is -0.399 e. The van der Waals surface area contributed by atoms with Gasteiger partial charge < -0.3 is 19.3 Å². The van der Waals surface area contributed by atoms with Crippen LogP contribution in [-0.2, 0) is 9.31 Å². The number of nitrogens with zero attached hydrogens (tertiary/aromatic N) is 4. The van der Waals surface area contributed by atoms with Gasteiger partial charge in [-0.05, 0) is 47.0 Å². The Morgan fingerprint density at radius 1 is 1.11 bits per heavy atom. The van der Waals surface area contributed by atoms with Gasteiger partial charge in [0.1, 0.15) is 0 Å². The Labute approximate surface area is 162 Å². The molecule has 0 amide bonds.